The second-order valence-corrected chi connectivity index (χ2v) is 12.8. The number of phenolic OH excluding ortho intramolecular Hbond substituents is 2. The predicted octanol–water partition coefficient (Wildman–Crippen LogP) is 8.08. The monoisotopic (exact) mass is 426 g/mol. The van der Waals surface area contributed by atoms with Crippen molar-refractivity contribution in [2.45, 2.75) is 105 Å². The van der Waals surface area contributed by atoms with Crippen LogP contribution in [-0.2, 0) is 21.7 Å². The first kappa shape index (κ1) is 25.1. The molecule has 0 aliphatic rings. The minimum absolute atomic E-state index is 0.231. The van der Waals surface area contributed by atoms with Crippen LogP contribution in [0, 0.1) is 0 Å². The molecule has 2 aromatic rings. The molecule has 0 bridgehead atoms. The fourth-order valence-corrected chi connectivity index (χ4v) is 3.76. The first-order valence-electron chi connectivity index (χ1n) is 11.2. The smallest absolute Gasteiger partial charge is 0.128 e. The molecule has 3 nitrogen and oxygen atoms in total. The van der Waals surface area contributed by atoms with Crippen LogP contribution in [-0.4, -0.2) is 10.2 Å². The van der Waals surface area contributed by atoms with Gasteiger partial charge in [0.25, 0.3) is 0 Å². The molecule has 0 aromatic heterocycles. The number of rotatable bonds is 2. The Morgan fingerprint density at radius 2 is 0.645 bits per heavy atom. The normalized spacial score (nSPS) is 13.4. The highest BCUT2D eigenvalue weighted by Crippen LogP contribution is 2.45. The van der Waals surface area contributed by atoms with E-state index in [4.69, 9.17) is 4.74 Å². The van der Waals surface area contributed by atoms with Crippen molar-refractivity contribution in [3.8, 4) is 23.0 Å². The van der Waals surface area contributed by atoms with Gasteiger partial charge in [-0.1, -0.05) is 83.1 Å². The van der Waals surface area contributed by atoms with Crippen LogP contribution in [0.25, 0.3) is 0 Å². The zero-order chi connectivity index (χ0) is 24.2. The molecule has 2 aromatic carbocycles. The van der Waals surface area contributed by atoms with E-state index in [0.717, 1.165) is 22.3 Å². The van der Waals surface area contributed by atoms with Crippen LogP contribution in [0.5, 0.6) is 23.0 Å². The summed E-state index contributed by atoms with van der Waals surface area (Å²) in [6.45, 7) is 25.1. The molecule has 2 N–H and O–H groups in total. The van der Waals surface area contributed by atoms with E-state index in [1.165, 1.54) is 0 Å². The summed E-state index contributed by atoms with van der Waals surface area (Å²) in [5, 5.41) is 22.0. The predicted molar refractivity (Wildman–Crippen MR) is 131 cm³/mol. The fourth-order valence-electron chi connectivity index (χ4n) is 3.76. The average Bonchev–Trinajstić information content (AvgIpc) is 2.53. The minimum Gasteiger partial charge on any atom is -0.507 e. The van der Waals surface area contributed by atoms with Crippen molar-refractivity contribution in [1.29, 1.82) is 0 Å². The quantitative estimate of drug-likeness (QED) is 0.510. The van der Waals surface area contributed by atoms with Gasteiger partial charge in [-0.05, 0) is 45.9 Å². The van der Waals surface area contributed by atoms with E-state index in [2.05, 4.69) is 83.1 Å². The molecule has 0 amide bonds. The summed E-state index contributed by atoms with van der Waals surface area (Å²) in [6, 6.07) is 7.74. The van der Waals surface area contributed by atoms with E-state index in [1.54, 1.807) is 0 Å². The molecular formula is C28H42O3. The summed E-state index contributed by atoms with van der Waals surface area (Å²) in [4.78, 5) is 0. The topological polar surface area (TPSA) is 49.7 Å². The second kappa shape index (κ2) is 7.76. The van der Waals surface area contributed by atoms with E-state index < -0.39 is 0 Å². The molecule has 3 heteroatoms. The van der Waals surface area contributed by atoms with Gasteiger partial charge >= 0.3 is 0 Å². The number of benzene rings is 2. The molecule has 0 aliphatic carbocycles. The van der Waals surface area contributed by atoms with Crippen LogP contribution < -0.4 is 4.74 Å². The Balaban J connectivity index is 2.73. The van der Waals surface area contributed by atoms with Crippen LogP contribution in [0.1, 0.15) is 105 Å². The van der Waals surface area contributed by atoms with Crippen LogP contribution in [0.4, 0.5) is 0 Å². The molecule has 0 saturated heterocycles. The van der Waals surface area contributed by atoms with Gasteiger partial charge < -0.3 is 14.9 Å². The summed E-state index contributed by atoms with van der Waals surface area (Å²) in [6.07, 6.45) is 0. The molecule has 0 atom stereocenters. The van der Waals surface area contributed by atoms with Gasteiger partial charge in [0.15, 0.2) is 0 Å². The molecular weight excluding hydrogens is 384 g/mol. The maximum absolute atomic E-state index is 11.0. The van der Waals surface area contributed by atoms with Crippen molar-refractivity contribution in [1.82, 2.24) is 0 Å². The lowest BCUT2D eigenvalue weighted by molar-refractivity contribution is 0.408. The molecule has 0 unspecified atom stereocenters. The fraction of sp³-hybridized carbons (Fsp3) is 0.571. The van der Waals surface area contributed by atoms with Gasteiger partial charge in [-0.15, -0.1) is 0 Å². The number of hydrogen-bond donors (Lipinski definition) is 2. The highest BCUT2D eigenvalue weighted by molar-refractivity contribution is 5.55. The zero-order valence-electron chi connectivity index (χ0n) is 21.6. The SMILES string of the molecule is CC(C)(C)c1cc(Oc2cc(C(C)(C)C)c(O)c(C(C)(C)C)c2)cc(C(C)(C)C)c1O. The zero-order valence-corrected chi connectivity index (χ0v) is 21.6. The van der Waals surface area contributed by atoms with Gasteiger partial charge in [-0.25, -0.2) is 0 Å². The molecule has 172 valence electrons. The average molecular weight is 427 g/mol. The third kappa shape index (κ3) is 5.56. The highest BCUT2D eigenvalue weighted by atomic mass is 16.5. The minimum atomic E-state index is -0.231. The van der Waals surface area contributed by atoms with Gasteiger partial charge in [-0.2, -0.15) is 0 Å². The summed E-state index contributed by atoms with van der Waals surface area (Å²) in [5.41, 5.74) is 2.52. The third-order valence-corrected chi connectivity index (χ3v) is 5.63. The molecule has 0 radical (unpaired) electrons. The van der Waals surface area contributed by atoms with E-state index in [0.29, 0.717) is 23.0 Å². The first-order valence-corrected chi connectivity index (χ1v) is 11.2. The number of aromatic hydroxyl groups is 2. The number of hydrogen-bond acceptors (Lipinski definition) is 3. The van der Waals surface area contributed by atoms with Crippen LogP contribution in [0.3, 0.4) is 0 Å². The van der Waals surface area contributed by atoms with Crippen LogP contribution in [0.2, 0.25) is 0 Å². The molecule has 0 spiro atoms. The molecule has 0 heterocycles. The molecule has 0 aliphatic heterocycles. The van der Waals surface area contributed by atoms with Crippen molar-refractivity contribution < 1.29 is 14.9 Å². The molecule has 31 heavy (non-hydrogen) atoms. The van der Waals surface area contributed by atoms with E-state index >= 15 is 0 Å². The van der Waals surface area contributed by atoms with Crippen molar-refractivity contribution in [3.05, 3.63) is 46.5 Å². The van der Waals surface area contributed by atoms with Gasteiger partial charge in [0.1, 0.15) is 23.0 Å². The maximum Gasteiger partial charge on any atom is 0.128 e. The molecule has 0 saturated carbocycles. The summed E-state index contributed by atoms with van der Waals surface area (Å²) in [7, 11) is 0. The second-order valence-electron chi connectivity index (χ2n) is 12.8. The summed E-state index contributed by atoms with van der Waals surface area (Å²) >= 11 is 0. The van der Waals surface area contributed by atoms with Crippen molar-refractivity contribution >= 4 is 0 Å². The molecule has 2 rings (SSSR count). The van der Waals surface area contributed by atoms with Gasteiger partial charge in [0.05, 0.1) is 0 Å². The largest absolute Gasteiger partial charge is 0.507 e. The Morgan fingerprint density at radius 3 is 0.806 bits per heavy atom. The van der Waals surface area contributed by atoms with Crippen LogP contribution in [0.15, 0.2) is 24.3 Å². The van der Waals surface area contributed by atoms with Crippen molar-refractivity contribution in [2.75, 3.05) is 0 Å². The molecule has 0 fully saturated rings. The van der Waals surface area contributed by atoms with E-state index in [9.17, 15) is 10.2 Å². The number of phenols is 2. The van der Waals surface area contributed by atoms with Crippen molar-refractivity contribution in [3.63, 3.8) is 0 Å². The Kier molecular flexibility index (Phi) is 6.28. The standard InChI is InChI=1S/C28H42O3/c1-25(2,3)19-13-17(14-20(23(19)29)26(4,5)6)31-18-15-21(27(7,8)9)24(30)22(16-18)28(10,11)12/h13-16,29-30H,1-12H3. The Bertz CT molecular complexity index is 806. The van der Waals surface area contributed by atoms with Gasteiger partial charge in [0, 0.05) is 22.3 Å². The summed E-state index contributed by atoms with van der Waals surface area (Å²) < 4.78 is 6.41. The lowest BCUT2D eigenvalue weighted by atomic mass is 9.79. The Morgan fingerprint density at radius 1 is 0.452 bits per heavy atom. The summed E-state index contributed by atoms with van der Waals surface area (Å²) in [5.74, 6) is 2.06. The lowest BCUT2D eigenvalue weighted by Gasteiger charge is -2.29. The first-order chi connectivity index (χ1) is 13.7. The highest BCUT2D eigenvalue weighted by Gasteiger charge is 2.29. The van der Waals surface area contributed by atoms with E-state index in [-0.39, 0.29) is 21.7 Å². The Labute approximate surface area is 189 Å². The third-order valence-electron chi connectivity index (χ3n) is 5.63. The maximum atomic E-state index is 11.0. The van der Waals surface area contributed by atoms with Gasteiger partial charge in [0.2, 0.25) is 0 Å². The van der Waals surface area contributed by atoms with Gasteiger partial charge in [-0.3, -0.25) is 0 Å². The van der Waals surface area contributed by atoms with Crippen molar-refractivity contribution in [2.24, 2.45) is 0 Å². The number of ether oxygens (including phenoxy) is 1. The van der Waals surface area contributed by atoms with E-state index in [1.807, 2.05) is 24.3 Å². The van der Waals surface area contributed by atoms with Crippen LogP contribution >= 0.6 is 0 Å². The lowest BCUT2D eigenvalue weighted by Crippen LogP contribution is -2.18. The Hall–Kier alpha value is -2.16.